The molecule has 3 aromatic rings. The molecular weight excluding hydrogens is 455 g/mol. The van der Waals surface area contributed by atoms with Crippen molar-refractivity contribution in [3.05, 3.63) is 53.7 Å². The highest BCUT2D eigenvalue weighted by molar-refractivity contribution is 5.96. The van der Waals surface area contributed by atoms with E-state index >= 15 is 0 Å². The van der Waals surface area contributed by atoms with Gasteiger partial charge in [-0.25, -0.2) is 9.97 Å². The van der Waals surface area contributed by atoms with Gasteiger partial charge in [-0.1, -0.05) is 12.1 Å². The lowest BCUT2D eigenvalue weighted by atomic mass is 9.97. The molecule has 1 amide bonds. The van der Waals surface area contributed by atoms with Crippen LogP contribution in [0.3, 0.4) is 0 Å². The molecule has 1 aromatic heterocycles. The molecule has 5 rings (SSSR count). The number of aromatic nitrogens is 2. The summed E-state index contributed by atoms with van der Waals surface area (Å²) in [4.78, 5) is 22.9. The van der Waals surface area contributed by atoms with E-state index in [1.54, 1.807) is 6.20 Å². The van der Waals surface area contributed by atoms with E-state index in [9.17, 15) is 18.0 Å². The molecule has 2 aromatic carbocycles. The molecule has 2 N–H and O–H groups in total. The zero-order valence-electron chi connectivity index (χ0n) is 19.5. The van der Waals surface area contributed by atoms with E-state index in [2.05, 4.69) is 20.6 Å². The van der Waals surface area contributed by atoms with E-state index in [0.717, 1.165) is 53.3 Å². The Labute approximate surface area is 201 Å². The Morgan fingerprint density at radius 2 is 1.97 bits per heavy atom. The second-order valence-corrected chi connectivity index (χ2v) is 9.51. The maximum absolute atomic E-state index is 12.8. The van der Waals surface area contributed by atoms with E-state index in [1.165, 1.54) is 4.90 Å². The number of rotatable bonds is 7. The second kappa shape index (κ2) is 9.45. The molecule has 1 unspecified atom stereocenters. The Balaban J connectivity index is 1.30. The smallest absolute Gasteiger partial charge is 0.353 e. The van der Waals surface area contributed by atoms with E-state index in [4.69, 9.17) is 0 Å². The van der Waals surface area contributed by atoms with Crippen molar-refractivity contribution < 1.29 is 18.0 Å². The van der Waals surface area contributed by atoms with Crippen molar-refractivity contribution in [2.45, 2.75) is 50.9 Å². The number of anilines is 1. The first kappa shape index (κ1) is 23.5. The van der Waals surface area contributed by atoms with Crippen LogP contribution in [-0.2, 0) is 0 Å². The Kier molecular flexibility index (Phi) is 6.35. The number of alkyl halides is 3. The summed E-state index contributed by atoms with van der Waals surface area (Å²) in [6.45, 7) is 1.95. The number of hydrogen-bond donors (Lipinski definition) is 2. The van der Waals surface area contributed by atoms with Crippen molar-refractivity contribution in [3.63, 3.8) is 0 Å². The van der Waals surface area contributed by atoms with E-state index in [-0.39, 0.29) is 11.9 Å². The number of fused-ring (bicyclic) bond motifs is 1. The lowest BCUT2D eigenvalue weighted by Gasteiger charge is -2.25. The summed E-state index contributed by atoms with van der Waals surface area (Å²) in [5.41, 5.74) is 4.38. The Morgan fingerprint density at radius 3 is 2.74 bits per heavy atom. The van der Waals surface area contributed by atoms with Crippen LogP contribution in [0.4, 0.5) is 19.1 Å². The average molecular weight is 484 g/mol. The number of aryl methyl sites for hydroxylation is 1. The quantitative estimate of drug-likeness (QED) is 0.499. The van der Waals surface area contributed by atoms with Crippen LogP contribution in [0.2, 0.25) is 0 Å². The van der Waals surface area contributed by atoms with Crippen LogP contribution in [0.25, 0.3) is 22.0 Å². The first-order chi connectivity index (χ1) is 16.7. The van der Waals surface area contributed by atoms with Gasteiger partial charge in [0.25, 0.3) is 5.91 Å². The molecule has 1 saturated carbocycles. The summed E-state index contributed by atoms with van der Waals surface area (Å²) in [6, 6.07) is 11.7. The first-order valence-electron chi connectivity index (χ1n) is 12.0. The lowest BCUT2D eigenvalue weighted by Crippen LogP contribution is -2.41. The molecule has 0 bridgehead atoms. The van der Waals surface area contributed by atoms with Gasteiger partial charge in [-0.2, -0.15) is 13.2 Å². The summed E-state index contributed by atoms with van der Waals surface area (Å²) < 4.78 is 38.4. The van der Waals surface area contributed by atoms with Gasteiger partial charge < -0.3 is 10.6 Å². The van der Waals surface area contributed by atoms with Crippen molar-refractivity contribution in [1.82, 2.24) is 20.2 Å². The number of amides is 1. The van der Waals surface area contributed by atoms with Gasteiger partial charge in [0.2, 0.25) is 5.95 Å². The number of likely N-dealkylation sites (tertiary alicyclic amines) is 1. The highest BCUT2D eigenvalue weighted by atomic mass is 19.4. The molecule has 1 aliphatic heterocycles. The van der Waals surface area contributed by atoms with E-state index < -0.39 is 12.7 Å². The number of nitrogens with zero attached hydrogens (tertiary/aromatic N) is 3. The summed E-state index contributed by atoms with van der Waals surface area (Å²) in [6.07, 6.45) is 1.08. The van der Waals surface area contributed by atoms with Crippen molar-refractivity contribution >= 4 is 22.8 Å². The molecule has 0 spiro atoms. The van der Waals surface area contributed by atoms with Gasteiger partial charge in [0.05, 0.1) is 12.1 Å². The number of carbonyl (C=O) groups excluding carboxylic acids is 1. The summed E-state index contributed by atoms with van der Waals surface area (Å²) in [7, 11) is 0. The molecule has 0 radical (unpaired) electrons. The molecule has 2 fully saturated rings. The van der Waals surface area contributed by atoms with Crippen LogP contribution in [0.5, 0.6) is 0 Å². The van der Waals surface area contributed by atoms with Gasteiger partial charge in [0.1, 0.15) is 0 Å². The van der Waals surface area contributed by atoms with Crippen molar-refractivity contribution in [3.8, 4) is 11.1 Å². The third-order valence-corrected chi connectivity index (χ3v) is 6.68. The molecule has 2 aliphatic rings. The number of benzene rings is 2. The molecule has 184 valence electrons. The largest absolute Gasteiger partial charge is 0.401 e. The Bertz CT molecular complexity index is 1240. The van der Waals surface area contributed by atoms with Crippen LogP contribution in [-0.4, -0.2) is 58.7 Å². The zero-order valence-corrected chi connectivity index (χ0v) is 19.5. The van der Waals surface area contributed by atoms with Crippen LogP contribution in [0.15, 0.2) is 42.6 Å². The third kappa shape index (κ3) is 5.73. The van der Waals surface area contributed by atoms with Gasteiger partial charge in [-0.05, 0) is 80.1 Å². The minimum Gasteiger partial charge on any atom is -0.353 e. The third-order valence-electron chi connectivity index (χ3n) is 6.68. The van der Waals surface area contributed by atoms with Gasteiger partial charge in [0.15, 0.2) is 0 Å². The summed E-state index contributed by atoms with van der Waals surface area (Å²) in [5.74, 6) is 0.351. The van der Waals surface area contributed by atoms with Crippen molar-refractivity contribution in [2.75, 3.05) is 25.0 Å². The molecular formula is C26H28F3N5O. The highest BCUT2D eigenvalue weighted by Gasteiger charge is 2.36. The van der Waals surface area contributed by atoms with Gasteiger partial charge in [-0.3, -0.25) is 9.69 Å². The van der Waals surface area contributed by atoms with Crippen LogP contribution < -0.4 is 10.6 Å². The summed E-state index contributed by atoms with van der Waals surface area (Å²) >= 11 is 0. The molecule has 35 heavy (non-hydrogen) atoms. The van der Waals surface area contributed by atoms with Crippen molar-refractivity contribution in [1.29, 1.82) is 0 Å². The predicted octanol–water partition coefficient (Wildman–Crippen LogP) is 4.94. The fourth-order valence-corrected chi connectivity index (χ4v) is 4.63. The average Bonchev–Trinajstić information content (AvgIpc) is 3.53. The number of nitrogens with one attached hydrogen (secondary N) is 2. The molecule has 2 heterocycles. The topological polar surface area (TPSA) is 70.2 Å². The zero-order chi connectivity index (χ0) is 24.6. The second-order valence-electron chi connectivity index (χ2n) is 9.51. The van der Waals surface area contributed by atoms with Crippen LogP contribution in [0, 0.1) is 6.92 Å². The predicted molar refractivity (Wildman–Crippen MR) is 129 cm³/mol. The fourth-order valence-electron chi connectivity index (χ4n) is 4.63. The molecule has 6 nitrogen and oxygen atoms in total. The van der Waals surface area contributed by atoms with Crippen molar-refractivity contribution in [2.24, 2.45) is 0 Å². The fraction of sp³-hybridized carbons (Fsp3) is 0.423. The molecule has 1 atom stereocenters. The minimum absolute atomic E-state index is 0.0512. The maximum atomic E-state index is 12.8. The van der Waals surface area contributed by atoms with Crippen LogP contribution in [0.1, 0.15) is 41.6 Å². The van der Waals surface area contributed by atoms with Gasteiger partial charge >= 0.3 is 6.18 Å². The number of halogens is 3. The minimum atomic E-state index is -4.20. The summed E-state index contributed by atoms with van der Waals surface area (Å²) in [5, 5.41) is 6.99. The number of hydrogen-bond acceptors (Lipinski definition) is 5. The first-order valence-corrected chi connectivity index (χ1v) is 12.0. The lowest BCUT2D eigenvalue weighted by molar-refractivity contribution is -0.147. The SMILES string of the molecule is Cc1ccc(C(=O)NC2CC2)cc1-c1ccc2nc(NCC3CCCN3CC(F)(F)F)ncc2c1. The van der Waals surface area contributed by atoms with Crippen LogP contribution >= 0.6 is 0 Å². The maximum Gasteiger partial charge on any atom is 0.401 e. The molecule has 1 saturated heterocycles. The molecule has 1 aliphatic carbocycles. The Hall–Kier alpha value is -3.20. The van der Waals surface area contributed by atoms with E-state index in [0.29, 0.717) is 30.6 Å². The monoisotopic (exact) mass is 483 g/mol. The normalized spacial score (nSPS) is 18.7. The van der Waals surface area contributed by atoms with Gasteiger partial charge in [-0.15, -0.1) is 0 Å². The Morgan fingerprint density at radius 1 is 1.14 bits per heavy atom. The number of carbonyl (C=O) groups is 1. The standard InChI is InChI=1S/C26H28F3N5O/c1-16-4-5-18(24(35)32-20-7-8-20)12-22(16)17-6-9-23-19(11-17)13-30-25(33-23)31-14-21-3-2-10-34(21)15-26(27,28)29/h4-6,9,11-13,20-21H,2-3,7-8,10,14-15H2,1H3,(H,32,35)(H,30,31,33). The van der Waals surface area contributed by atoms with Gasteiger partial charge in [0, 0.05) is 35.8 Å². The molecule has 9 heteroatoms. The van der Waals surface area contributed by atoms with E-state index in [1.807, 2.05) is 43.3 Å². The highest BCUT2D eigenvalue weighted by Crippen LogP contribution is 2.29.